The fourth-order valence-electron chi connectivity index (χ4n) is 2.72. The van der Waals surface area contributed by atoms with Gasteiger partial charge >= 0.3 is 0 Å². The summed E-state index contributed by atoms with van der Waals surface area (Å²) in [7, 11) is 1.79. The zero-order valence-electron chi connectivity index (χ0n) is 11.5. The van der Waals surface area contributed by atoms with Gasteiger partial charge in [0, 0.05) is 13.2 Å². The van der Waals surface area contributed by atoms with Gasteiger partial charge in [-0.25, -0.2) is 0 Å². The molecule has 2 heteroatoms. The summed E-state index contributed by atoms with van der Waals surface area (Å²) in [6, 6.07) is 0.372. The SMILES string of the molecule is COC(C)(C)CCC(N)C1CCCC(C)C1. The molecule has 0 aliphatic heterocycles. The van der Waals surface area contributed by atoms with Crippen LogP contribution in [0.3, 0.4) is 0 Å². The Morgan fingerprint density at radius 2 is 2.06 bits per heavy atom. The molecule has 96 valence electrons. The first-order chi connectivity index (χ1) is 7.44. The van der Waals surface area contributed by atoms with Crippen molar-refractivity contribution < 1.29 is 4.74 Å². The normalized spacial score (nSPS) is 29.1. The van der Waals surface area contributed by atoms with Crippen molar-refractivity contribution in [3.05, 3.63) is 0 Å². The maximum absolute atomic E-state index is 6.32. The van der Waals surface area contributed by atoms with Crippen molar-refractivity contribution in [2.45, 2.75) is 70.9 Å². The fourth-order valence-corrected chi connectivity index (χ4v) is 2.72. The average molecular weight is 227 g/mol. The lowest BCUT2D eigenvalue weighted by atomic mass is 9.77. The number of ether oxygens (including phenoxy) is 1. The summed E-state index contributed by atoms with van der Waals surface area (Å²) >= 11 is 0. The molecule has 0 aromatic carbocycles. The van der Waals surface area contributed by atoms with Gasteiger partial charge in [0.1, 0.15) is 0 Å². The number of nitrogens with two attached hydrogens (primary N) is 1. The minimum absolute atomic E-state index is 0.0160. The minimum Gasteiger partial charge on any atom is -0.379 e. The quantitative estimate of drug-likeness (QED) is 0.781. The minimum atomic E-state index is -0.0160. The highest BCUT2D eigenvalue weighted by Crippen LogP contribution is 2.32. The van der Waals surface area contributed by atoms with Crippen LogP contribution >= 0.6 is 0 Å². The van der Waals surface area contributed by atoms with Gasteiger partial charge in [-0.3, -0.25) is 0 Å². The van der Waals surface area contributed by atoms with Crippen LogP contribution in [0.5, 0.6) is 0 Å². The van der Waals surface area contributed by atoms with Gasteiger partial charge < -0.3 is 10.5 Å². The zero-order valence-corrected chi connectivity index (χ0v) is 11.5. The average Bonchev–Trinajstić information content (AvgIpc) is 2.26. The molecule has 0 saturated heterocycles. The predicted octanol–water partition coefficient (Wildman–Crippen LogP) is 3.35. The number of methoxy groups -OCH3 is 1. The van der Waals surface area contributed by atoms with E-state index in [9.17, 15) is 0 Å². The molecular formula is C14H29NO. The monoisotopic (exact) mass is 227 g/mol. The van der Waals surface area contributed by atoms with Crippen LogP contribution in [-0.2, 0) is 4.74 Å². The molecule has 0 amide bonds. The number of rotatable bonds is 5. The van der Waals surface area contributed by atoms with Gasteiger partial charge in [-0.2, -0.15) is 0 Å². The zero-order chi connectivity index (χ0) is 12.2. The fraction of sp³-hybridized carbons (Fsp3) is 1.00. The molecule has 3 unspecified atom stereocenters. The second kappa shape index (κ2) is 6.02. The molecule has 1 aliphatic rings. The Morgan fingerprint density at radius 3 is 2.62 bits per heavy atom. The summed E-state index contributed by atoms with van der Waals surface area (Å²) in [5.41, 5.74) is 6.30. The molecule has 0 spiro atoms. The summed E-state index contributed by atoms with van der Waals surface area (Å²) in [5.74, 6) is 1.62. The maximum Gasteiger partial charge on any atom is 0.0623 e. The summed E-state index contributed by atoms with van der Waals surface area (Å²) in [4.78, 5) is 0. The number of hydrogen-bond acceptors (Lipinski definition) is 2. The van der Waals surface area contributed by atoms with E-state index in [1.807, 2.05) is 0 Å². The topological polar surface area (TPSA) is 35.2 Å². The largest absolute Gasteiger partial charge is 0.379 e. The highest BCUT2D eigenvalue weighted by molar-refractivity contribution is 4.81. The third-order valence-electron chi connectivity index (χ3n) is 4.21. The molecule has 1 fully saturated rings. The van der Waals surface area contributed by atoms with Gasteiger partial charge in [0.2, 0.25) is 0 Å². The molecular weight excluding hydrogens is 198 g/mol. The van der Waals surface area contributed by atoms with Crippen LogP contribution in [0.1, 0.15) is 59.3 Å². The van der Waals surface area contributed by atoms with Crippen LogP contribution in [0.4, 0.5) is 0 Å². The highest BCUT2D eigenvalue weighted by Gasteiger charge is 2.26. The van der Waals surface area contributed by atoms with Crippen LogP contribution < -0.4 is 5.73 Å². The Balaban J connectivity index is 2.31. The summed E-state index contributed by atoms with van der Waals surface area (Å²) < 4.78 is 5.44. The molecule has 1 rings (SSSR count). The van der Waals surface area contributed by atoms with Crippen LogP contribution in [0.15, 0.2) is 0 Å². The van der Waals surface area contributed by atoms with Gasteiger partial charge in [0.25, 0.3) is 0 Å². The van der Waals surface area contributed by atoms with E-state index in [4.69, 9.17) is 10.5 Å². The first kappa shape index (κ1) is 14.0. The van der Waals surface area contributed by atoms with Crippen LogP contribution in [0.2, 0.25) is 0 Å². The predicted molar refractivity (Wildman–Crippen MR) is 69.4 cm³/mol. The second-order valence-corrected chi connectivity index (χ2v) is 6.20. The lowest BCUT2D eigenvalue weighted by Gasteiger charge is -2.33. The first-order valence-electron chi connectivity index (χ1n) is 6.75. The molecule has 1 aliphatic carbocycles. The maximum atomic E-state index is 6.32. The third kappa shape index (κ3) is 4.42. The van der Waals surface area contributed by atoms with Crippen molar-refractivity contribution in [1.29, 1.82) is 0 Å². The number of hydrogen-bond donors (Lipinski definition) is 1. The van der Waals surface area contributed by atoms with Crippen molar-refractivity contribution in [3.63, 3.8) is 0 Å². The van der Waals surface area contributed by atoms with E-state index in [0.29, 0.717) is 6.04 Å². The van der Waals surface area contributed by atoms with Crippen LogP contribution in [0.25, 0.3) is 0 Å². The van der Waals surface area contributed by atoms with Crippen molar-refractivity contribution >= 4 is 0 Å². The molecule has 1 saturated carbocycles. The molecule has 0 aromatic rings. The summed E-state index contributed by atoms with van der Waals surface area (Å²) in [5, 5.41) is 0. The van der Waals surface area contributed by atoms with Gasteiger partial charge in [0.05, 0.1) is 5.60 Å². The summed E-state index contributed by atoms with van der Waals surface area (Å²) in [6.07, 6.45) is 7.58. The lowest BCUT2D eigenvalue weighted by molar-refractivity contribution is 0.0105. The van der Waals surface area contributed by atoms with Crippen molar-refractivity contribution in [2.75, 3.05) is 7.11 Å². The van der Waals surface area contributed by atoms with E-state index >= 15 is 0 Å². The smallest absolute Gasteiger partial charge is 0.0623 e. The summed E-state index contributed by atoms with van der Waals surface area (Å²) in [6.45, 7) is 6.64. The van der Waals surface area contributed by atoms with E-state index in [2.05, 4.69) is 20.8 Å². The van der Waals surface area contributed by atoms with Gasteiger partial charge in [-0.1, -0.05) is 19.8 Å². The molecule has 0 bridgehead atoms. The van der Waals surface area contributed by atoms with E-state index in [-0.39, 0.29) is 5.60 Å². The molecule has 0 aromatic heterocycles. The highest BCUT2D eigenvalue weighted by atomic mass is 16.5. The van der Waals surface area contributed by atoms with E-state index in [0.717, 1.165) is 24.7 Å². The van der Waals surface area contributed by atoms with Crippen molar-refractivity contribution in [3.8, 4) is 0 Å². The lowest BCUT2D eigenvalue weighted by Crippen LogP contribution is -2.35. The molecule has 16 heavy (non-hydrogen) atoms. The Hall–Kier alpha value is -0.0800. The molecule has 3 atom stereocenters. The Bertz CT molecular complexity index is 203. The third-order valence-corrected chi connectivity index (χ3v) is 4.21. The standard InChI is InChI=1S/C14H29NO/c1-11-6-5-7-12(10-11)13(15)8-9-14(2,3)16-4/h11-13H,5-10,15H2,1-4H3. The second-order valence-electron chi connectivity index (χ2n) is 6.20. The van der Waals surface area contributed by atoms with E-state index in [1.165, 1.54) is 25.7 Å². The van der Waals surface area contributed by atoms with Gasteiger partial charge in [-0.15, -0.1) is 0 Å². The Morgan fingerprint density at radius 1 is 1.38 bits per heavy atom. The van der Waals surface area contributed by atoms with Crippen LogP contribution in [0, 0.1) is 11.8 Å². The Labute approximate surface area is 101 Å². The molecule has 0 heterocycles. The van der Waals surface area contributed by atoms with Gasteiger partial charge in [-0.05, 0) is 51.4 Å². The van der Waals surface area contributed by atoms with Crippen LogP contribution in [-0.4, -0.2) is 18.8 Å². The molecule has 0 radical (unpaired) electrons. The van der Waals surface area contributed by atoms with Crippen molar-refractivity contribution in [2.24, 2.45) is 17.6 Å². The van der Waals surface area contributed by atoms with E-state index < -0.39 is 0 Å². The van der Waals surface area contributed by atoms with E-state index in [1.54, 1.807) is 7.11 Å². The first-order valence-corrected chi connectivity index (χ1v) is 6.75. The Kier molecular flexibility index (Phi) is 5.26. The van der Waals surface area contributed by atoms with Gasteiger partial charge in [0.15, 0.2) is 0 Å². The molecule has 2 N–H and O–H groups in total. The van der Waals surface area contributed by atoms with Crippen molar-refractivity contribution in [1.82, 2.24) is 0 Å². The molecule has 2 nitrogen and oxygen atoms in total.